The lowest BCUT2D eigenvalue weighted by Crippen LogP contribution is -2.29. The van der Waals surface area contributed by atoms with Crippen molar-refractivity contribution < 1.29 is 40.7 Å². The van der Waals surface area contributed by atoms with Crippen molar-refractivity contribution in [1.82, 2.24) is 0 Å². The van der Waals surface area contributed by atoms with Gasteiger partial charge in [0.25, 0.3) is 6.17 Å². The number of methoxy groups -OCH3 is 1. The largest absolute Gasteiger partial charge is 0.467 e. The van der Waals surface area contributed by atoms with Crippen LogP contribution < -0.4 is 0 Å². The Morgan fingerprint density at radius 1 is 0.895 bits per heavy atom. The Balaban J connectivity index is 3.44. The second-order valence-corrected chi connectivity index (χ2v) is 3.19. The van der Waals surface area contributed by atoms with Gasteiger partial charge in [0.2, 0.25) is 11.6 Å². The second kappa shape index (κ2) is 5.29. The average Bonchev–Trinajstić information content (AvgIpc) is 2.41. The normalized spacial score (nSPS) is 12.2. The molecule has 0 saturated heterocycles. The molecule has 0 aliphatic heterocycles. The van der Waals surface area contributed by atoms with Crippen LogP contribution in [0, 0.1) is 29.1 Å². The summed E-state index contributed by atoms with van der Waals surface area (Å²) in [5.41, 5.74) is -2.03. The molecule has 0 aromatic heterocycles. The molecule has 19 heavy (non-hydrogen) atoms. The molecular formula is C10H4F6O3. The summed E-state index contributed by atoms with van der Waals surface area (Å²) in [5, 5.41) is 0. The number of hydrogen-bond acceptors (Lipinski definition) is 3. The second-order valence-electron chi connectivity index (χ2n) is 3.19. The van der Waals surface area contributed by atoms with E-state index in [1.807, 2.05) is 0 Å². The molecule has 0 aliphatic carbocycles. The first-order chi connectivity index (χ1) is 8.73. The lowest BCUT2D eigenvalue weighted by molar-refractivity contribution is -0.144. The summed E-state index contributed by atoms with van der Waals surface area (Å²) in [5.74, 6) is -16.4. The van der Waals surface area contributed by atoms with Gasteiger partial charge in [-0.2, -0.15) is 0 Å². The van der Waals surface area contributed by atoms with Crippen LogP contribution in [0.2, 0.25) is 0 Å². The van der Waals surface area contributed by atoms with Gasteiger partial charge in [-0.25, -0.2) is 31.1 Å². The third-order valence-corrected chi connectivity index (χ3v) is 2.09. The predicted octanol–water partition coefficient (Wildman–Crippen LogP) is 2.08. The molecule has 104 valence electrons. The summed E-state index contributed by atoms with van der Waals surface area (Å²) < 4.78 is 81.3. The SMILES string of the molecule is COC(=O)C(F)C(=O)c1c(F)c(F)c(F)c(F)c1F. The van der Waals surface area contributed by atoms with E-state index in [-0.39, 0.29) is 0 Å². The van der Waals surface area contributed by atoms with Crippen molar-refractivity contribution in [2.75, 3.05) is 7.11 Å². The molecule has 0 aliphatic rings. The van der Waals surface area contributed by atoms with Crippen LogP contribution >= 0.6 is 0 Å². The number of rotatable bonds is 3. The summed E-state index contributed by atoms with van der Waals surface area (Å²) in [7, 11) is 0.667. The minimum Gasteiger partial charge on any atom is -0.467 e. The topological polar surface area (TPSA) is 43.4 Å². The van der Waals surface area contributed by atoms with E-state index in [0.29, 0.717) is 7.11 Å². The van der Waals surface area contributed by atoms with Crippen molar-refractivity contribution in [3.8, 4) is 0 Å². The van der Waals surface area contributed by atoms with E-state index >= 15 is 0 Å². The first-order valence-corrected chi connectivity index (χ1v) is 4.51. The zero-order valence-electron chi connectivity index (χ0n) is 9.07. The Hall–Kier alpha value is -2.06. The lowest BCUT2D eigenvalue weighted by atomic mass is 10.0. The highest BCUT2D eigenvalue weighted by Crippen LogP contribution is 2.24. The first kappa shape index (κ1) is 15.0. The average molecular weight is 286 g/mol. The Kier molecular flexibility index (Phi) is 4.17. The van der Waals surface area contributed by atoms with Crippen LogP contribution in [0.3, 0.4) is 0 Å². The van der Waals surface area contributed by atoms with E-state index in [9.17, 15) is 35.9 Å². The summed E-state index contributed by atoms with van der Waals surface area (Å²) in [6, 6.07) is 0. The van der Waals surface area contributed by atoms with Gasteiger partial charge in [-0.1, -0.05) is 0 Å². The maximum atomic E-state index is 13.1. The van der Waals surface area contributed by atoms with Crippen molar-refractivity contribution in [3.63, 3.8) is 0 Å². The summed E-state index contributed by atoms with van der Waals surface area (Å²) >= 11 is 0. The summed E-state index contributed by atoms with van der Waals surface area (Å²) in [6.07, 6.45) is -3.20. The molecular weight excluding hydrogens is 282 g/mol. The molecule has 0 spiro atoms. The van der Waals surface area contributed by atoms with Gasteiger partial charge in [0, 0.05) is 0 Å². The molecule has 0 N–H and O–H groups in total. The number of hydrogen-bond donors (Lipinski definition) is 0. The molecule has 1 unspecified atom stereocenters. The van der Waals surface area contributed by atoms with E-state index in [2.05, 4.69) is 4.74 Å². The van der Waals surface area contributed by atoms with E-state index in [4.69, 9.17) is 0 Å². The molecule has 9 heteroatoms. The monoisotopic (exact) mass is 286 g/mol. The van der Waals surface area contributed by atoms with Gasteiger partial charge < -0.3 is 4.74 Å². The highest BCUT2D eigenvalue weighted by atomic mass is 19.2. The number of Topliss-reactive ketones (excluding diaryl/α,β-unsaturated/α-hetero) is 1. The van der Waals surface area contributed by atoms with Crippen molar-refractivity contribution in [3.05, 3.63) is 34.6 Å². The number of carbonyl (C=O) groups is 2. The van der Waals surface area contributed by atoms with Crippen LogP contribution in [-0.4, -0.2) is 25.0 Å². The molecule has 0 heterocycles. The zero-order valence-corrected chi connectivity index (χ0v) is 9.07. The first-order valence-electron chi connectivity index (χ1n) is 4.51. The van der Waals surface area contributed by atoms with Crippen LogP contribution in [0.5, 0.6) is 0 Å². The third kappa shape index (κ3) is 2.40. The standard InChI is InChI=1S/C10H4F6O3/c1-19-10(18)8(16)9(17)2-3(11)5(13)7(15)6(14)4(2)12/h8H,1H3. The maximum Gasteiger partial charge on any atom is 0.348 e. The number of carbonyl (C=O) groups excluding carboxylic acids is 2. The van der Waals surface area contributed by atoms with E-state index < -0.39 is 52.6 Å². The Morgan fingerprint density at radius 2 is 1.26 bits per heavy atom. The Morgan fingerprint density at radius 3 is 1.63 bits per heavy atom. The fourth-order valence-corrected chi connectivity index (χ4v) is 1.16. The van der Waals surface area contributed by atoms with Gasteiger partial charge >= 0.3 is 5.97 Å². The number of esters is 1. The molecule has 1 aromatic rings. The molecule has 0 amide bonds. The third-order valence-electron chi connectivity index (χ3n) is 2.09. The van der Waals surface area contributed by atoms with Gasteiger partial charge in [-0.05, 0) is 0 Å². The Bertz CT molecular complexity index is 528. The summed E-state index contributed by atoms with van der Waals surface area (Å²) in [4.78, 5) is 21.9. The minimum absolute atomic E-state index is 0.667. The molecule has 0 saturated carbocycles. The van der Waals surface area contributed by atoms with Crippen molar-refractivity contribution in [2.45, 2.75) is 6.17 Å². The number of halogens is 6. The smallest absolute Gasteiger partial charge is 0.348 e. The van der Waals surface area contributed by atoms with Crippen molar-refractivity contribution >= 4 is 11.8 Å². The maximum absolute atomic E-state index is 13.1. The molecule has 0 bridgehead atoms. The van der Waals surface area contributed by atoms with E-state index in [1.54, 1.807) is 0 Å². The number of ketones is 1. The molecule has 3 nitrogen and oxygen atoms in total. The minimum atomic E-state index is -3.20. The number of benzene rings is 1. The van der Waals surface area contributed by atoms with E-state index in [0.717, 1.165) is 0 Å². The predicted molar refractivity (Wildman–Crippen MR) is 47.5 cm³/mol. The Labute approximate surface area is 101 Å². The van der Waals surface area contributed by atoms with Crippen LogP contribution in [0.15, 0.2) is 0 Å². The molecule has 1 rings (SSSR count). The number of ether oxygens (including phenoxy) is 1. The highest BCUT2D eigenvalue weighted by Gasteiger charge is 2.36. The van der Waals surface area contributed by atoms with Gasteiger partial charge in [-0.3, -0.25) is 4.79 Å². The number of alkyl halides is 1. The molecule has 0 radical (unpaired) electrons. The fraction of sp³-hybridized carbons (Fsp3) is 0.200. The summed E-state index contributed by atoms with van der Waals surface area (Å²) in [6.45, 7) is 0. The van der Waals surface area contributed by atoms with Crippen LogP contribution in [0.4, 0.5) is 26.3 Å². The van der Waals surface area contributed by atoms with Crippen LogP contribution in [-0.2, 0) is 9.53 Å². The quantitative estimate of drug-likeness (QED) is 0.213. The van der Waals surface area contributed by atoms with Crippen molar-refractivity contribution in [2.24, 2.45) is 0 Å². The van der Waals surface area contributed by atoms with Gasteiger partial charge in [0.15, 0.2) is 23.3 Å². The molecule has 1 atom stereocenters. The molecule has 0 fully saturated rings. The van der Waals surface area contributed by atoms with E-state index in [1.165, 1.54) is 0 Å². The zero-order chi connectivity index (χ0) is 14.9. The van der Waals surface area contributed by atoms with Crippen LogP contribution in [0.25, 0.3) is 0 Å². The van der Waals surface area contributed by atoms with Gasteiger partial charge in [0.05, 0.1) is 12.7 Å². The highest BCUT2D eigenvalue weighted by molar-refractivity contribution is 6.11. The fourth-order valence-electron chi connectivity index (χ4n) is 1.16. The van der Waals surface area contributed by atoms with Crippen LogP contribution in [0.1, 0.15) is 10.4 Å². The lowest BCUT2D eigenvalue weighted by Gasteiger charge is -2.09. The van der Waals surface area contributed by atoms with Gasteiger partial charge in [0.1, 0.15) is 0 Å². The van der Waals surface area contributed by atoms with Crippen molar-refractivity contribution in [1.29, 1.82) is 0 Å². The van der Waals surface area contributed by atoms with Gasteiger partial charge in [-0.15, -0.1) is 0 Å². The molecule has 1 aromatic carbocycles.